The minimum atomic E-state index is -0.375. The minimum absolute atomic E-state index is 0.138. The van der Waals surface area contributed by atoms with Crippen LogP contribution in [0.4, 0.5) is 0 Å². The first-order chi connectivity index (χ1) is 8.74. The summed E-state index contributed by atoms with van der Waals surface area (Å²) in [7, 11) is 0. The third-order valence-electron chi connectivity index (χ3n) is 2.20. The third-order valence-corrected chi connectivity index (χ3v) is 2.44. The van der Waals surface area contributed by atoms with E-state index in [9.17, 15) is 4.79 Å². The van der Waals surface area contributed by atoms with Gasteiger partial charge in [-0.25, -0.2) is 10.4 Å². The zero-order valence-corrected chi connectivity index (χ0v) is 10.1. The highest BCUT2D eigenvalue weighted by Gasteiger charge is 2.02. The highest BCUT2D eigenvalue weighted by molar-refractivity contribution is 6.27. The van der Waals surface area contributed by atoms with Crippen molar-refractivity contribution in [3.05, 3.63) is 35.8 Å². The van der Waals surface area contributed by atoms with E-state index in [4.69, 9.17) is 18.0 Å². The van der Waals surface area contributed by atoms with Gasteiger partial charge in [0.05, 0.1) is 6.21 Å². The smallest absolute Gasteiger partial charge is 0.254 e. The van der Waals surface area contributed by atoms with Crippen molar-refractivity contribution in [2.45, 2.75) is 0 Å². The van der Waals surface area contributed by atoms with E-state index in [1.807, 2.05) is 0 Å². The molecule has 0 atom stereocenters. The van der Waals surface area contributed by atoms with E-state index in [1.54, 1.807) is 29.1 Å². The fourth-order valence-corrected chi connectivity index (χ4v) is 1.50. The number of aromatic nitrogens is 2. The van der Waals surface area contributed by atoms with Crippen LogP contribution in [0.3, 0.4) is 0 Å². The number of hydrogen-bond acceptors (Lipinski definition) is 3. The Morgan fingerprint density at radius 1 is 1.72 bits per heavy atom. The van der Waals surface area contributed by atoms with Crippen LogP contribution in [0.25, 0.3) is 5.65 Å². The van der Waals surface area contributed by atoms with Crippen LogP contribution in [0.5, 0.6) is 0 Å². The number of alkyl halides is 1. The van der Waals surface area contributed by atoms with Gasteiger partial charge in [0.1, 0.15) is 11.5 Å². The standard InChI is InChI=1S/C12H9ClN4O/c1-2-9-5-10(7-15-16-11(18)6-13)12-14-3-4-17(12)8-9/h1,3-5,7-8H,6H2,(H,16,18). The van der Waals surface area contributed by atoms with Gasteiger partial charge in [-0.15, -0.1) is 18.0 Å². The number of carbonyl (C=O) groups excluding carboxylic acids is 1. The summed E-state index contributed by atoms with van der Waals surface area (Å²) in [4.78, 5) is 15.1. The van der Waals surface area contributed by atoms with Crippen molar-refractivity contribution in [2.24, 2.45) is 5.10 Å². The Balaban J connectivity index is 2.34. The molecule has 0 aliphatic carbocycles. The normalized spacial score (nSPS) is 10.7. The van der Waals surface area contributed by atoms with Gasteiger partial charge in [0.15, 0.2) is 0 Å². The fraction of sp³-hybridized carbons (Fsp3) is 0.0833. The van der Waals surface area contributed by atoms with Gasteiger partial charge in [0.25, 0.3) is 5.91 Å². The molecule has 0 saturated heterocycles. The summed E-state index contributed by atoms with van der Waals surface area (Å²) >= 11 is 5.33. The van der Waals surface area contributed by atoms with Crippen molar-refractivity contribution in [1.29, 1.82) is 0 Å². The summed E-state index contributed by atoms with van der Waals surface area (Å²) in [6, 6.07) is 1.76. The first kappa shape index (κ1) is 12.1. The largest absolute Gasteiger partial charge is 0.305 e. The molecule has 0 saturated carbocycles. The molecule has 1 amide bonds. The lowest BCUT2D eigenvalue weighted by atomic mass is 10.2. The van der Waals surface area contributed by atoms with Gasteiger partial charge >= 0.3 is 0 Å². The van der Waals surface area contributed by atoms with Crippen LogP contribution in [0.2, 0.25) is 0 Å². The monoisotopic (exact) mass is 260 g/mol. The van der Waals surface area contributed by atoms with E-state index < -0.39 is 0 Å². The van der Waals surface area contributed by atoms with Crippen molar-refractivity contribution >= 4 is 29.4 Å². The van der Waals surface area contributed by atoms with Crippen molar-refractivity contribution in [2.75, 3.05) is 5.88 Å². The Morgan fingerprint density at radius 3 is 3.28 bits per heavy atom. The Morgan fingerprint density at radius 2 is 2.56 bits per heavy atom. The van der Waals surface area contributed by atoms with Crippen LogP contribution in [0, 0.1) is 12.3 Å². The molecule has 0 aromatic carbocycles. The summed E-state index contributed by atoms with van der Waals surface area (Å²) in [5.74, 6) is 2.03. The Hall–Kier alpha value is -2.32. The zero-order chi connectivity index (χ0) is 13.0. The van der Waals surface area contributed by atoms with E-state index in [1.165, 1.54) is 6.21 Å². The Bertz CT molecular complexity index is 654. The minimum Gasteiger partial charge on any atom is -0.305 e. The molecule has 1 N–H and O–H groups in total. The van der Waals surface area contributed by atoms with Gasteiger partial charge < -0.3 is 4.40 Å². The van der Waals surface area contributed by atoms with Gasteiger partial charge in [0.2, 0.25) is 0 Å². The van der Waals surface area contributed by atoms with Crippen molar-refractivity contribution in [3.8, 4) is 12.3 Å². The quantitative estimate of drug-likeness (QED) is 0.387. The Kier molecular flexibility index (Phi) is 3.60. The summed E-state index contributed by atoms with van der Waals surface area (Å²) in [5.41, 5.74) is 4.40. The number of nitrogens with zero attached hydrogens (tertiary/aromatic N) is 3. The maximum Gasteiger partial charge on any atom is 0.254 e. The average Bonchev–Trinajstić information content (AvgIpc) is 2.86. The zero-order valence-electron chi connectivity index (χ0n) is 9.30. The fourth-order valence-electron chi connectivity index (χ4n) is 1.44. The van der Waals surface area contributed by atoms with Crippen molar-refractivity contribution in [1.82, 2.24) is 14.8 Å². The molecule has 0 unspecified atom stereocenters. The molecule has 0 fully saturated rings. The number of imidazole rings is 1. The van der Waals surface area contributed by atoms with Gasteiger partial charge in [-0.3, -0.25) is 4.79 Å². The van der Waals surface area contributed by atoms with E-state index in [0.29, 0.717) is 16.8 Å². The first-order valence-electron chi connectivity index (χ1n) is 5.06. The molecule has 2 rings (SSSR count). The van der Waals surface area contributed by atoms with Crippen molar-refractivity contribution < 1.29 is 4.79 Å². The SMILES string of the molecule is C#Cc1cc(C=NNC(=O)CCl)c2nccn2c1. The lowest BCUT2D eigenvalue weighted by Gasteiger charge is -2.00. The number of halogens is 1. The maximum absolute atomic E-state index is 10.9. The first-order valence-corrected chi connectivity index (χ1v) is 5.59. The molecule has 0 bridgehead atoms. The molecule has 0 aliphatic rings. The third kappa shape index (κ3) is 2.50. The molecule has 2 heterocycles. The topological polar surface area (TPSA) is 58.8 Å². The molecular formula is C12H9ClN4O. The predicted octanol–water partition coefficient (Wildman–Crippen LogP) is 1.00. The summed E-state index contributed by atoms with van der Waals surface area (Å²) in [6.07, 6.45) is 12.1. The van der Waals surface area contributed by atoms with Crippen molar-refractivity contribution in [3.63, 3.8) is 0 Å². The molecule has 0 radical (unpaired) electrons. The average molecular weight is 261 g/mol. The van der Waals surface area contributed by atoms with Crippen LogP contribution in [0.15, 0.2) is 29.8 Å². The van der Waals surface area contributed by atoms with Crippen LogP contribution in [-0.2, 0) is 4.79 Å². The molecule has 18 heavy (non-hydrogen) atoms. The van der Waals surface area contributed by atoms with Gasteiger partial charge in [-0.05, 0) is 6.07 Å². The summed E-state index contributed by atoms with van der Waals surface area (Å²) in [5, 5.41) is 3.79. The molecule has 2 aromatic heterocycles. The number of carbonyl (C=O) groups is 1. The van der Waals surface area contributed by atoms with E-state index >= 15 is 0 Å². The lowest BCUT2D eigenvalue weighted by Crippen LogP contribution is -2.18. The lowest BCUT2D eigenvalue weighted by molar-refractivity contribution is -0.118. The molecule has 5 nitrogen and oxygen atoms in total. The summed E-state index contributed by atoms with van der Waals surface area (Å²) < 4.78 is 1.79. The number of hydrazone groups is 1. The van der Waals surface area contributed by atoms with Crippen LogP contribution < -0.4 is 5.43 Å². The van der Waals surface area contributed by atoms with Gasteiger partial charge in [-0.2, -0.15) is 5.10 Å². The summed E-state index contributed by atoms with van der Waals surface area (Å²) in [6.45, 7) is 0. The highest BCUT2D eigenvalue weighted by Crippen LogP contribution is 2.09. The second-order valence-electron chi connectivity index (χ2n) is 3.41. The Labute approximate surface area is 108 Å². The molecule has 0 spiro atoms. The number of fused-ring (bicyclic) bond motifs is 1. The number of amides is 1. The van der Waals surface area contributed by atoms with Crippen LogP contribution in [-0.4, -0.2) is 27.4 Å². The molecule has 90 valence electrons. The van der Waals surface area contributed by atoms with E-state index in [0.717, 1.165) is 0 Å². The highest BCUT2D eigenvalue weighted by atomic mass is 35.5. The molecule has 0 aliphatic heterocycles. The van der Waals surface area contributed by atoms with E-state index in [2.05, 4.69) is 21.4 Å². The molecule has 6 heteroatoms. The number of rotatable bonds is 3. The number of hydrogen-bond donors (Lipinski definition) is 1. The number of pyridine rings is 1. The van der Waals surface area contributed by atoms with Crippen LogP contribution in [0.1, 0.15) is 11.1 Å². The predicted molar refractivity (Wildman–Crippen MR) is 69.6 cm³/mol. The maximum atomic E-state index is 10.9. The van der Waals surface area contributed by atoms with E-state index in [-0.39, 0.29) is 11.8 Å². The number of terminal acetylenes is 1. The second-order valence-corrected chi connectivity index (χ2v) is 3.68. The van der Waals surface area contributed by atoms with Gasteiger partial charge in [-0.1, -0.05) is 5.92 Å². The van der Waals surface area contributed by atoms with Gasteiger partial charge in [0, 0.05) is 29.7 Å². The number of nitrogens with one attached hydrogen (secondary N) is 1. The molecule has 2 aromatic rings. The van der Waals surface area contributed by atoms with Crippen LogP contribution >= 0.6 is 11.6 Å². The second kappa shape index (κ2) is 5.34. The molecular weight excluding hydrogens is 252 g/mol.